The molecule has 6 heteroatoms. The van der Waals surface area contributed by atoms with Crippen LogP contribution in [0.25, 0.3) is 0 Å². The Morgan fingerprint density at radius 3 is 2.57 bits per heavy atom. The highest BCUT2D eigenvalue weighted by atomic mass is 35.5. The van der Waals surface area contributed by atoms with Crippen LogP contribution in [0, 0.1) is 0 Å². The van der Waals surface area contributed by atoms with E-state index in [4.69, 9.17) is 33.7 Å². The molecule has 0 fully saturated rings. The summed E-state index contributed by atoms with van der Waals surface area (Å²) in [5.74, 6) is 0.0990. The number of rotatable bonds is 5. The molecule has 2 rings (SSSR count). The summed E-state index contributed by atoms with van der Waals surface area (Å²) < 4.78 is 5.47. The topological polar surface area (TPSA) is 64.3 Å². The van der Waals surface area contributed by atoms with Gasteiger partial charge in [0, 0.05) is 22.8 Å². The Bertz CT molecular complexity index is 633. The van der Waals surface area contributed by atoms with Crippen LogP contribution in [0.4, 0.5) is 5.69 Å². The van der Waals surface area contributed by atoms with Crippen molar-refractivity contribution in [3.05, 3.63) is 58.1 Å². The minimum absolute atomic E-state index is 0.163. The van der Waals surface area contributed by atoms with Crippen molar-refractivity contribution in [1.82, 2.24) is 0 Å². The third-order valence-electron chi connectivity index (χ3n) is 2.71. The number of carbonyl (C=O) groups excluding carboxylic acids is 1. The van der Waals surface area contributed by atoms with Gasteiger partial charge in [-0.2, -0.15) is 0 Å². The minimum atomic E-state index is -0.282. The number of nitrogens with two attached hydrogens (primary N) is 1. The SMILES string of the molecule is NCc1cc(Cl)cc(Cl)c1OCC(=O)Nc1ccccc1. The summed E-state index contributed by atoms with van der Waals surface area (Å²) in [6.07, 6.45) is 0. The van der Waals surface area contributed by atoms with Crippen molar-refractivity contribution in [1.29, 1.82) is 0 Å². The van der Waals surface area contributed by atoms with Crippen molar-refractivity contribution in [2.75, 3.05) is 11.9 Å². The van der Waals surface area contributed by atoms with E-state index in [-0.39, 0.29) is 19.1 Å². The molecule has 0 heterocycles. The first-order chi connectivity index (χ1) is 10.1. The number of hydrogen-bond acceptors (Lipinski definition) is 3. The monoisotopic (exact) mass is 324 g/mol. The van der Waals surface area contributed by atoms with Crippen LogP contribution in [-0.4, -0.2) is 12.5 Å². The molecular weight excluding hydrogens is 311 g/mol. The Labute approximate surface area is 132 Å². The third kappa shape index (κ3) is 4.36. The fourth-order valence-electron chi connectivity index (χ4n) is 1.78. The molecule has 21 heavy (non-hydrogen) atoms. The summed E-state index contributed by atoms with van der Waals surface area (Å²) >= 11 is 12.0. The molecule has 4 nitrogen and oxygen atoms in total. The van der Waals surface area contributed by atoms with Gasteiger partial charge in [-0.05, 0) is 24.3 Å². The highest BCUT2D eigenvalue weighted by molar-refractivity contribution is 6.35. The van der Waals surface area contributed by atoms with E-state index in [2.05, 4.69) is 5.32 Å². The summed E-state index contributed by atoms with van der Waals surface area (Å²) in [4.78, 5) is 11.8. The first kappa shape index (κ1) is 15.6. The molecule has 0 spiro atoms. The van der Waals surface area contributed by atoms with Gasteiger partial charge in [-0.1, -0.05) is 41.4 Å². The first-order valence-corrected chi connectivity index (χ1v) is 7.01. The maximum atomic E-state index is 11.8. The average Bonchev–Trinajstić information content (AvgIpc) is 2.46. The number of anilines is 1. The second-order valence-corrected chi connectivity index (χ2v) is 5.13. The van der Waals surface area contributed by atoms with Crippen LogP contribution in [-0.2, 0) is 11.3 Å². The lowest BCUT2D eigenvalue weighted by molar-refractivity contribution is -0.118. The highest BCUT2D eigenvalue weighted by Gasteiger charge is 2.12. The molecule has 3 N–H and O–H groups in total. The molecule has 2 aromatic rings. The number of benzene rings is 2. The van der Waals surface area contributed by atoms with Gasteiger partial charge >= 0.3 is 0 Å². The van der Waals surface area contributed by atoms with Gasteiger partial charge in [0.15, 0.2) is 6.61 Å². The zero-order valence-electron chi connectivity index (χ0n) is 11.1. The Morgan fingerprint density at radius 2 is 1.90 bits per heavy atom. The first-order valence-electron chi connectivity index (χ1n) is 6.26. The molecular formula is C15H14Cl2N2O2. The van der Waals surface area contributed by atoms with Crippen LogP contribution < -0.4 is 15.8 Å². The number of nitrogens with one attached hydrogen (secondary N) is 1. The van der Waals surface area contributed by atoms with Gasteiger partial charge in [0.1, 0.15) is 5.75 Å². The smallest absolute Gasteiger partial charge is 0.262 e. The quantitative estimate of drug-likeness (QED) is 0.885. The van der Waals surface area contributed by atoms with Gasteiger partial charge < -0.3 is 15.8 Å². The number of amides is 1. The molecule has 0 aliphatic carbocycles. The molecule has 0 aromatic heterocycles. The standard InChI is InChI=1S/C15H14Cl2N2O2/c16-11-6-10(8-18)15(13(17)7-11)21-9-14(20)19-12-4-2-1-3-5-12/h1-7H,8-9,18H2,(H,19,20). The van der Waals surface area contributed by atoms with E-state index in [1.807, 2.05) is 18.2 Å². The predicted molar refractivity (Wildman–Crippen MR) is 84.9 cm³/mol. The molecule has 110 valence electrons. The molecule has 0 unspecified atom stereocenters. The molecule has 0 saturated carbocycles. The normalized spacial score (nSPS) is 10.2. The fraction of sp³-hybridized carbons (Fsp3) is 0.133. The lowest BCUT2D eigenvalue weighted by Gasteiger charge is -2.13. The van der Waals surface area contributed by atoms with Crippen molar-refractivity contribution in [3.63, 3.8) is 0 Å². The van der Waals surface area contributed by atoms with E-state index < -0.39 is 0 Å². The second kappa shape index (κ2) is 7.31. The van der Waals surface area contributed by atoms with Crippen molar-refractivity contribution >= 4 is 34.8 Å². The van der Waals surface area contributed by atoms with Crippen LogP contribution in [0.15, 0.2) is 42.5 Å². The van der Waals surface area contributed by atoms with Gasteiger partial charge in [-0.25, -0.2) is 0 Å². The van der Waals surface area contributed by atoms with Crippen LogP contribution in [0.5, 0.6) is 5.75 Å². The summed E-state index contributed by atoms with van der Waals surface area (Å²) in [6, 6.07) is 12.3. The van der Waals surface area contributed by atoms with Crippen LogP contribution in [0.2, 0.25) is 10.0 Å². The van der Waals surface area contributed by atoms with Gasteiger partial charge in [0.25, 0.3) is 5.91 Å². The van der Waals surface area contributed by atoms with Crippen molar-refractivity contribution < 1.29 is 9.53 Å². The van der Waals surface area contributed by atoms with Gasteiger partial charge in [0.05, 0.1) is 5.02 Å². The second-order valence-electron chi connectivity index (χ2n) is 4.28. The van der Waals surface area contributed by atoms with Crippen molar-refractivity contribution in [2.24, 2.45) is 5.73 Å². The molecule has 0 aliphatic heterocycles. The van der Waals surface area contributed by atoms with E-state index in [1.165, 1.54) is 0 Å². The van der Waals surface area contributed by atoms with Gasteiger partial charge in [-0.3, -0.25) is 4.79 Å². The number of hydrogen-bond donors (Lipinski definition) is 2. The molecule has 2 aromatic carbocycles. The van der Waals surface area contributed by atoms with E-state index >= 15 is 0 Å². The van der Waals surface area contributed by atoms with Crippen molar-refractivity contribution in [3.8, 4) is 5.75 Å². The van der Waals surface area contributed by atoms with Crippen LogP contribution in [0.1, 0.15) is 5.56 Å². The zero-order chi connectivity index (χ0) is 15.2. The predicted octanol–water partition coefficient (Wildman–Crippen LogP) is 3.47. The highest BCUT2D eigenvalue weighted by Crippen LogP contribution is 2.32. The summed E-state index contributed by atoms with van der Waals surface area (Å²) in [5.41, 5.74) is 6.97. The van der Waals surface area contributed by atoms with Crippen molar-refractivity contribution in [2.45, 2.75) is 6.54 Å². The van der Waals surface area contributed by atoms with E-state index in [9.17, 15) is 4.79 Å². The summed E-state index contributed by atoms with van der Waals surface area (Å²) in [7, 11) is 0. The van der Waals surface area contributed by atoms with Gasteiger partial charge in [-0.15, -0.1) is 0 Å². The minimum Gasteiger partial charge on any atom is -0.482 e. The number of ether oxygens (including phenoxy) is 1. The average molecular weight is 325 g/mol. The molecule has 0 bridgehead atoms. The lowest BCUT2D eigenvalue weighted by Crippen LogP contribution is -2.20. The maximum absolute atomic E-state index is 11.8. The molecule has 0 aliphatic rings. The Hall–Kier alpha value is -1.75. The van der Waals surface area contributed by atoms with Gasteiger partial charge in [0.2, 0.25) is 0 Å². The summed E-state index contributed by atoms with van der Waals surface area (Å²) in [6.45, 7) is 0.0547. The van der Waals surface area contributed by atoms with Crippen LogP contribution >= 0.6 is 23.2 Å². The Kier molecular flexibility index (Phi) is 5.44. The maximum Gasteiger partial charge on any atom is 0.262 e. The Morgan fingerprint density at radius 1 is 1.19 bits per heavy atom. The molecule has 1 amide bonds. The number of carbonyl (C=O) groups is 1. The van der Waals surface area contributed by atoms with E-state index in [0.717, 1.165) is 0 Å². The number of para-hydroxylation sites is 1. The van der Waals surface area contributed by atoms with E-state index in [1.54, 1.807) is 24.3 Å². The molecule has 0 atom stereocenters. The van der Waals surface area contributed by atoms with Crippen LogP contribution in [0.3, 0.4) is 0 Å². The molecule has 0 radical (unpaired) electrons. The summed E-state index contributed by atoms with van der Waals surface area (Å²) in [5, 5.41) is 3.52. The fourth-order valence-corrected chi connectivity index (χ4v) is 2.37. The van der Waals surface area contributed by atoms with E-state index in [0.29, 0.717) is 27.0 Å². The largest absolute Gasteiger partial charge is 0.482 e. The Balaban J connectivity index is 2.01. The number of halogens is 2. The third-order valence-corrected chi connectivity index (χ3v) is 3.21. The molecule has 0 saturated heterocycles. The zero-order valence-corrected chi connectivity index (χ0v) is 12.6. The lowest BCUT2D eigenvalue weighted by atomic mass is 10.2.